The maximum absolute atomic E-state index is 11.5. The highest BCUT2D eigenvalue weighted by atomic mass is 16.6. The van der Waals surface area contributed by atoms with Crippen molar-refractivity contribution in [1.29, 1.82) is 0 Å². The van der Waals surface area contributed by atoms with Gasteiger partial charge in [0.2, 0.25) is 0 Å². The summed E-state index contributed by atoms with van der Waals surface area (Å²) >= 11 is 0. The summed E-state index contributed by atoms with van der Waals surface area (Å²) in [5.41, 5.74) is 0.418. The second kappa shape index (κ2) is 6.12. The van der Waals surface area contributed by atoms with E-state index in [9.17, 15) is 4.79 Å². The topological polar surface area (TPSA) is 55.8 Å². The van der Waals surface area contributed by atoms with Gasteiger partial charge in [-0.05, 0) is 38.1 Å². The molecule has 0 aliphatic rings. The average molecular weight is 224 g/mol. The van der Waals surface area contributed by atoms with Crippen LogP contribution in [0.2, 0.25) is 0 Å². The van der Waals surface area contributed by atoms with Crippen LogP contribution >= 0.6 is 0 Å². The number of hydrogen-bond donors (Lipinski definition) is 1. The molecule has 0 aliphatic carbocycles. The van der Waals surface area contributed by atoms with Crippen LogP contribution in [0.5, 0.6) is 5.75 Å². The molecule has 0 heterocycles. The zero-order valence-electron chi connectivity index (χ0n) is 9.47. The molecule has 16 heavy (non-hydrogen) atoms. The molecule has 4 heteroatoms. The first kappa shape index (κ1) is 12.5. The third-order valence-corrected chi connectivity index (χ3v) is 2.00. The van der Waals surface area contributed by atoms with Crippen LogP contribution in [-0.2, 0) is 9.47 Å². The summed E-state index contributed by atoms with van der Waals surface area (Å²) < 4.78 is 10.3. The highest BCUT2D eigenvalue weighted by molar-refractivity contribution is 5.89. The number of esters is 1. The molecule has 0 saturated heterocycles. The van der Waals surface area contributed by atoms with Gasteiger partial charge in [0.25, 0.3) is 0 Å². The molecule has 0 amide bonds. The lowest BCUT2D eigenvalue weighted by Crippen LogP contribution is -2.19. The van der Waals surface area contributed by atoms with Crippen molar-refractivity contribution in [3.63, 3.8) is 0 Å². The lowest BCUT2D eigenvalue weighted by molar-refractivity contribution is 0.00359. The highest BCUT2D eigenvalue weighted by Crippen LogP contribution is 2.10. The lowest BCUT2D eigenvalue weighted by Gasteiger charge is -2.11. The van der Waals surface area contributed by atoms with Crippen molar-refractivity contribution in [3.8, 4) is 5.75 Å². The quantitative estimate of drug-likeness (QED) is 0.777. The van der Waals surface area contributed by atoms with E-state index in [2.05, 4.69) is 0 Å². The van der Waals surface area contributed by atoms with Crippen molar-refractivity contribution in [3.05, 3.63) is 29.8 Å². The zero-order chi connectivity index (χ0) is 12.0. The summed E-state index contributed by atoms with van der Waals surface area (Å²) in [7, 11) is 0. The van der Waals surface area contributed by atoms with Gasteiger partial charge >= 0.3 is 5.97 Å². The Labute approximate surface area is 94.8 Å². The van der Waals surface area contributed by atoms with E-state index in [0.717, 1.165) is 0 Å². The summed E-state index contributed by atoms with van der Waals surface area (Å²) in [5, 5.41) is 9.05. The van der Waals surface area contributed by atoms with E-state index in [1.165, 1.54) is 24.3 Å². The van der Waals surface area contributed by atoms with Crippen molar-refractivity contribution < 1.29 is 19.4 Å². The molecular weight excluding hydrogens is 208 g/mol. The molecule has 0 aromatic heterocycles. The van der Waals surface area contributed by atoms with Crippen molar-refractivity contribution in [2.75, 3.05) is 13.2 Å². The Hall–Kier alpha value is -1.55. The molecule has 0 bridgehead atoms. The van der Waals surface area contributed by atoms with Gasteiger partial charge < -0.3 is 14.6 Å². The zero-order valence-corrected chi connectivity index (χ0v) is 9.47. The van der Waals surface area contributed by atoms with Crippen LogP contribution in [0.25, 0.3) is 0 Å². The van der Waals surface area contributed by atoms with E-state index in [4.69, 9.17) is 14.6 Å². The van der Waals surface area contributed by atoms with E-state index in [-0.39, 0.29) is 18.5 Å². The number of aromatic hydroxyl groups is 1. The summed E-state index contributed by atoms with van der Waals surface area (Å²) in [6.07, 6.45) is -0.105. The SMILES string of the molecule is CCOC(C)COC(=O)c1ccc(O)cc1. The van der Waals surface area contributed by atoms with Gasteiger partial charge in [-0.3, -0.25) is 0 Å². The van der Waals surface area contributed by atoms with E-state index in [1.807, 2.05) is 13.8 Å². The first-order valence-electron chi connectivity index (χ1n) is 5.21. The Kier molecular flexibility index (Phi) is 4.79. The maximum atomic E-state index is 11.5. The Morgan fingerprint density at radius 2 is 2.00 bits per heavy atom. The van der Waals surface area contributed by atoms with Crippen LogP contribution in [0.4, 0.5) is 0 Å². The predicted molar refractivity (Wildman–Crippen MR) is 59.5 cm³/mol. The van der Waals surface area contributed by atoms with Crippen LogP contribution in [0.3, 0.4) is 0 Å². The first-order valence-corrected chi connectivity index (χ1v) is 5.21. The van der Waals surface area contributed by atoms with E-state index in [1.54, 1.807) is 0 Å². The first-order chi connectivity index (χ1) is 7.63. The van der Waals surface area contributed by atoms with E-state index >= 15 is 0 Å². The summed E-state index contributed by atoms with van der Waals surface area (Å²) in [4.78, 5) is 11.5. The summed E-state index contributed by atoms with van der Waals surface area (Å²) in [6.45, 7) is 4.55. The smallest absolute Gasteiger partial charge is 0.338 e. The fourth-order valence-electron chi connectivity index (χ4n) is 1.21. The molecular formula is C12H16O4. The average Bonchev–Trinajstić information content (AvgIpc) is 2.27. The van der Waals surface area contributed by atoms with Gasteiger partial charge in [-0.1, -0.05) is 0 Å². The Balaban J connectivity index is 2.43. The summed E-state index contributed by atoms with van der Waals surface area (Å²) in [5.74, 6) is -0.286. The van der Waals surface area contributed by atoms with Crippen molar-refractivity contribution in [2.45, 2.75) is 20.0 Å². The van der Waals surface area contributed by atoms with Gasteiger partial charge in [-0.15, -0.1) is 0 Å². The molecule has 1 atom stereocenters. The van der Waals surface area contributed by atoms with Crippen LogP contribution < -0.4 is 0 Å². The predicted octanol–water partition coefficient (Wildman–Crippen LogP) is 1.97. The maximum Gasteiger partial charge on any atom is 0.338 e. The van der Waals surface area contributed by atoms with Gasteiger partial charge in [0.15, 0.2) is 0 Å². The van der Waals surface area contributed by atoms with Gasteiger partial charge in [-0.25, -0.2) is 4.79 Å². The molecule has 1 rings (SSSR count). The number of hydrogen-bond acceptors (Lipinski definition) is 4. The molecule has 1 N–H and O–H groups in total. The lowest BCUT2D eigenvalue weighted by atomic mass is 10.2. The third kappa shape index (κ3) is 3.90. The van der Waals surface area contributed by atoms with Crippen LogP contribution in [-0.4, -0.2) is 30.4 Å². The Bertz CT molecular complexity index is 331. The Morgan fingerprint density at radius 3 is 2.56 bits per heavy atom. The van der Waals surface area contributed by atoms with Gasteiger partial charge in [0.05, 0.1) is 11.7 Å². The molecule has 0 fully saturated rings. The molecule has 0 radical (unpaired) electrons. The molecule has 4 nitrogen and oxygen atoms in total. The second-order valence-corrected chi connectivity index (χ2v) is 3.41. The van der Waals surface area contributed by atoms with E-state index < -0.39 is 5.97 Å². The minimum Gasteiger partial charge on any atom is -0.508 e. The van der Waals surface area contributed by atoms with Gasteiger partial charge in [0, 0.05) is 6.61 Å². The van der Waals surface area contributed by atoms with Crippen LogP contribution in [0.1, 0.15) is 24.2 Å². The largest absolute Gasteiger partial charge is 0.508 e. The van der Waals surface area contributed by atoms with Crippen molar-refractivity contribution >= 4 is 5.97 Å². The molecule has 1 aromatic carbocycles. The molecule has 1 aromatic rings. The molecule has 0 spiro atoms. The number of ether oxygens (including phenoxy) is 2. The Morgan fingerprint density at radius 1 is 1.38 bits per heavy atom. The molecule has 1 unspecified atom stereocenters. The van der Waals surface area contributed by atoms with Gasteiger partial charge in [-0.2, -0.15) is 0 Å². The normalized spacial score (nSPS) is 12.1. The van der Waals surface area contributed by atoms with Crippen LogP contribution in [0, 0.1) is 0 Å². The third-order valence-electron chi connectivity index (χ3n) is 2.00. The monoisotopic (exact) mass is 224 g/mol. The minimum atomic E-state index is -0.411. The molecule has 0 saturated carbocycles. The number of phenols is 1. The standard InChI is InChI=1S/C12H16O4/c1-3-15-9(2)8-16-12(14)10-4-6-11(13)7-5-10/h4-7,9,13H,3,8H2,1-2H3. The van der Waals surface area contributed by atoms with Gasteiger partial charge in [0.1, 0.15) is 12.4 Å². The second-order valence-electron chi connectivity index (χ2n) is 3.41. The van der Waals surface area contributed by atoms with Crippen molar-refractivity contribution in [2.24, 2.45) is 0 Å². The van der Waals surface area contributed by atoms with E-state index in [0.29, 0.717) is 12.2 Å². The fraction of sp³-hybridized carbons (Fsp3) is 0.417. The molecule has 0 aliphatic heterocycles. The number of carbonyl (C=O) groups is 1. The fourth-order valence-corrected chi connectivity index (χ4v) is 1.21. The summed E-state index contributed by atoms with van der Waals surface area (Å²) in [6, 6.07) is 5.93. The number of carbonyl (C=O) groups excluding carboxylic acids is 1. The molecule has 88 valence electrons. The number of phenolic OH excluding ortho intramolecular Hbond substituents is 1. The van der Waals surface area contributed by atoms with Crippen molar-refractivity contribution in [1.82, 2.24) is 0 Å². The van der Waals surface area contributed by atoms with Crippen LogP contribution in [0.15, 0.2) is 24.3 Å². The highest BCUT2D eigenvalue weighted by Gasteiger charge is 2.09. The number of rotatable bonds is 5. The number of benzene rings is 1. The minimum absolute atomic E-state index is 0.105.